The van der Waals surface area contributed by atoms with Gasteiger partial charge in [0.2, 0.25) is 0 Å². The van der Waals surface area contributed by atoms with Gasteiger partial charge in [-0.05, 0) is 66.2 Å². The monoisotopic (exact) mass is 590 g/mol. The Kier molecular flexibility index (Phi) is 9.08. The van der Waals surface area contributed by atoms with E-state index in [0.717, 1.165) is 16.5 Å². The lowest BCUT2D eigenvalue weighted by Crippen LogP contribution is -2.25. The summed E-state index contributed by atoms with van der Waals surface area (Å²) in [5, 5.41) is 7.82. The third-order valence-corrected chi connectivity index (χ3v) is 7.38. The zero-order chi connectivity index (χ0) is 28.8. The molecule has 0 radical (unpaired) electrons. The van der Waals surface area contributed by atoms with Gasteiger partial charge in [0, 0.05) is 46.0 Å². The standard InChI is InChI=1S/C31H28ClFN4O3S/c1-3-13-34-27(18-41(2)38)30-12-11-28(40-30)21-7-9-26-24(15-21)31(36-19-35-26)37-23-8-10-29(25(32)16-23)39-17-20-5-4-6-22(33)14-20/h3-12,14-16,19,27,34H,1,13,17-18H2,2H3,(H,35,36,37)/t27?,41-/m0/s1. The lowest BCUT2D eigenvalue weighted by molar-refractivity contribution is 0.306. The number of ether oxygens (including phenoxy) is 1. The molecule has 5 rings (SSSR count). The van der Waals surface area contributed by atoms with Crippen molar-refractivity contribution in [2.75, 3.05) is 23.9 Å². The molecule has 0 fully saturated rings. The molecule has 0 aliphatic heterocycles. The van der Waals surface area contributed by atoms with Crippen LogP contribution < -0.4 is 15.4 Å². The Morgan fingerprint density at radius 2 is 2.00 bits per heavy atom. The Balaban J connectivity index is 1.36. The number of halogens is 2. The number of furan rings is 1. The van der Waals surface area contributed by atoms with Crippen molar-refractivity contribution in [2.24, 2.45) is 0 Å². The van der Waals surface area contributed by atoms with Gasteiger partial charge in [-0.15, -0.1) is 6.58 Å². The summed E-state index contributed by atoms with van der Waals surface area (Å²) >= 11 is 6.49. The summed E-state index contributed by atoms with van der Waals surface area (Å²) in [5.74, 6) is 2.57. The number of nitrogens with zero attached hydrogens (tertiary/aromatic N) is 2. The number of rotatable bonds is 12. The minimum atomic E-state index is -1.00. The minimum absolute atomic E-state index is 0.194. The summed E-state index contributed by atoms with van der Waals surface area (Å²) < 4.78 is 37.3. The maximum absolute atomic E-state index is 13.5. The van der Waals surface area contributed by atoms with Gasteiger partial charge in [0.15, 0.2) is 0 Å². The maximum Gasteiger partial charge on any atom is 0.141 e. The third-order valence-electron chi connectivity index (χ3n) is 6.28. The number of benzene rings is 3. The van der Waals surface area contributed by atoms with E-state index in [1.54, 1.807) is 36.6 Å². The molecule has 41 heavy (non-hydrogen) atoms. The van der Waals surface area contributed by atoms with E-state index < -0.39 is 10.8 Å². The molecule has 5 aromatic rings. The van der Waals surface area contributed by atoms with Crippen molar-refractivity contribution in [3.8, 4) is 17.1 Å². The number of fused-ring (bicyclic) bond motifs is 1. The van der Waals surface area contributed by atoms with Crippen LogP contribution in [0.15, 0.2) is 96.2 Å². The van der Waals surface area contributed by atoms with Crippen LogP contribution in [0.5, 0.6) is 5.75 Å². The molecule has 0 saturated heterocycles. The van der Waals surface area contributed by atoms with E-state index >= 15 is 0 Å². The first-order valence-corrected chi connectivity index (χ1v) is 14.9. The molecule has 210 valence electrons. The number of hydrogen-bond donors (Lipinski definition) is 2. The van der Waals surface area contributed by atoms with Gasteiger partial charge < -0.3 is 19.8 Å². The van der Waals surface area contributed by atoms with Gasteiger partial charge in [0.1, 0.15) is 41.8 Å². The molecule has 2 atom stereocenters. The Bertz CT molecular complexity index is 1710. The highest BCUT2D eigenvalue weighted by atomic mass is 35.5. The van der Waals surface area contributed by atoms with Gasteiger partial charge >= 0.3 is 0 Å². The summed E-state index contributed by atoms with van der Waals surface area (Å²) in [4.78, 5) is 8.86. The summed E-state index contributed by atoms with van der Waals surface area (Å²) in [5.41, 5.74) is 3.02. The van der Waals surface area contributed by atoms with E-state index in [1.165, 1.54) is 18.5 Å². The van der Waals surface area contributed by atoms with Gasteiger partial charge in [0.05, 0.1) is 16.6 Å². The van der Waals surface area contributed by atoms with Gasteiger partial charge in [-0.3, -0.25) is 4.21 Å². The van der Waals surface area contributed by atoms with Crippen molar-refractivity contribution >= 4 is 44.8 Å². The zero-order valence-corrected chi connectivity index (χ0v) is 23.8. The second-order valence-electron chi connectivity index (χ2n) is 9.33. The number of aromatic nitrogens is 2. The molecule has 2 heterocycles. The first-order chi connectivity index (χ1) is 19.9. The van der Waals surface area contributed by atoms with Crippen LogP contribution >= 0.6 is 11.6 Å². The third kappa shape index (κ3) is 7.18. The molecule has 0 aliphatic carbocycles. The van der Waals surface area contributed by atoms with Gasteiger partial charge in [-0.2, -0.15) is 0 Å². The lowest BCUT2D eigenvalue weighted by atomic mass is 10.1. The lowest BCUT2D eigenvalue weighted by Gasteiger charge is -2.14. The molecule has 0 aliphatic rings. The van der Waals surface area contributed by atoms with Gasteiger partial charge in [-0.1, -0.05) is 29.8 Å². The highest BCUT2D eigenvalue weighted by Gasteiger charge is 2.18. The Morgan fingerprint density at radius 3 is 2.78 bits per heavy atom. The minimum Gasteiger partial charge on any atom is -0.487 e. The van der Waals surface area contributed by atoms with E-state index in [9.17, 15) is 8.60 Å². The Morgan fingerprint density at radius 1 is 1.12 bits per heavy atom. The second-order valence-corrected chi connectivity index (χ2v) is 11.2. The average Bonchev–Trinajstić information content (AvgIpc) is 3.45. The Hall–Kier alpha value is -4.05. The van der Waals surface area contributed by atoms with E-state index in [-0.39, 0.29) is 18.5 Å². The fourth-order valence-corrected chi connectivity index (χ4v) is 5.31. The molecule has 0 amide bonds. The SMILES string of the molecule is C=CCNC(C[S@](C)=O)c1ccc(-c2ccc3ncnc(Nc4ccc(OCc5cccc(F)c5)c(Cl)c4)c3c2)o1. The summed E-state index contributed by atoms with van der Waals surface area (Å²) in [7, 11) is -1.00. The number of nitrogens with one attached hydrogen (secondary N) is 2. The first kappa shape index (κ1) is 28.5. The molecule has 0 spiro atoms. The summed E-state index contributed by atoms with van der Waals surface area (Å²) in [6, 6.07) is 21.0. The largest absolute Gasteiger partial charge is 0.487 e. The van der Waals surface area contributed by atoms with Crippen molar-refractivity contribution in [2.45, 2.75) is 12.6 Å². The molecule has 2 aromatic heterocycles. The first-order valence-electron chi connectivity index (χ1n) is 12.8. The van der Waals surface area contributed by atoms with Gasteiger partial charge in [0.25, 0.3) is 0 Å². The normalized spacial score (nSPS) is 12.7. The molecule has 0 saturated carbocycles. The van der Waals surface area contributed by atoms with Crippen LogP contribution in [0.1, 0.15) is 17.4 Å². The van der Waals surface area contributed by atoms with Crippen molar-refractivity contribution in [3.05, 3.63) is 114 Å². The fourth-order valence-electron chi connectivity index (χ4n) is 4.33. The fraction of sp³-hybridized carbons (Fsp3) is 0.161. The predicted molar refractivity (Wildman–Crippen MR) is 163 cm³/mol. The zero-order valence-electron chi connectivity index (χ0n) is 22.3. The Labute approximate surface area is 244 Å². The van der Waals surface area contributed by atoms with E-state index in [4.69, 9.17) is 20.8 Å². The van der Waals surface area contributed by atoms with Crippen molar-refractivity contribution < 1.29 is 17.8 Å². The van der Waals surface area contributed by atoms with E-state index in [1.807, 2.05) is 36.4 Å². The predicted octanol–water partition coefficient (Wildman–Crippen LogP) is 7.20. The second kappa shape index (κ2) is 13.1. The number of hydrogen-bond acceptors (Lipinski definition) is 7. The van der Waals surface area contributed by atoms with Crippen LogP contribution in [-0.4, -0.2) is 32.7 Å². The van der Waals surface area contributed by atoms with Crippen molar-refractivity contribution in [1.82, 2.24) is 15.3 Å². The van der Waals surface area contributed by atoms with E-state index in [2.05, 4.69) is 27.2 Å². The highest BCUT2D eigenvalue weighted by Crippen LogP contribution is 2.33. The van der Waals surface area contributed by atoms with Crippen molar-refractivity contribution in [1.29, 1.82) is 0 Å². The van der Waals surface area contributed by atoms with E-state index in [0.29, 0.717) is 51.7 Å². The maximum atomic E-state index is 13.5. The molecule has 10 heteroatoms. The molecule has 1 unspecified atom stereocenters. The van der Waals surface area contributed by atoms with Crippen LogP contribution in [-0.2, 0) is 17.4 Å². The molecule has 2 N–H and O–H groups in total. The topological polar surface area (TPSA) is 89.3 Å². The van der Waals surface area contributed by atoms with Crippen LogP contribution in [0, 0.1) is 5.82 Å². The molecule has 0 bridgehead atoms. The highest BCUT2D eigenvalue weighted by molar-refractivity contribution is 7.84. The molecule has 3 aromatic carbocycles. The molecular weight excluding hydrogens is 563 g/mol. The number of anilines is 2. The summed E-state index contributed by atoms with van der Waals surface area (Å²) in [6.45, 7) is 4.51. The quantitative estimate of drug-likeness (QED) is 0.149. The summed E-state index contributed by atoms with van der Waals surface area (Å²) in [6.07, 6.45) is 4.92. The van der Waals surface area contributed by atoms with Crippen LogP contribution in [0.25, 0.3) is 22.2 Å². The molecular formula is C31H28ClFN4O3S. The average molecular weight is 591 g/mol. The smallest absolute Gasteiger partial charge is 0.141 e. The molecule has 7 nitrogen and oxygen atoms in total. The van der Waals surface area contributed by atoms with Gasteiger partial charge in [-0.25, -0.2) is 14.4 Å². The van der Waals surface area contributed by atoms with Crippen molar-refractivity contribution in [3.63, 3.8) is 0 Å². The van der Waals surface area contributed by atoms with Crippen LogP contribution in [0.2, 0.25) is 5.02 Å². The van der Waals surface area contributed by atoms with Crippen LogP contribution in [0.3, 0.4) is 0 Å². The van der Waals surface area contributed by atoms with Crippen LogP contribution in [0.4, 0.5) is 15.9 Å².